The minimum Gasteiger partial charge on any atom is -0.458 e. The van der Waals surface area contributed by atoms with Crippen molar-refractivity contribution in [3.63, 3.8) is 0 Å². The summed E-state index contributed by atoms with van der Waals surface area (Å²) in [5, 5.41) is -2.29. The number of para-hydroxylation sites is 2. The first-order valence-electron chi connectivity index (χ1n) is 45.2. The van der Waals surface area contributed by atoms with Crippen molar-refractivity contribution in [3.8, 4) is 73.2 Å². The fourth-order valence-electron chi connectivity index (χ4n) is 11.6. The van der Waals surface area contributed by atoms with Gasteiger partial charge in [0.15, 0.2) is 8.07 Å². The second kappa shape index (κ2) is 23.0. The van der Waals surface area contributed by atoms with Crippen LogP contribution in [0.1, 0.15) is 84.1 Å². The molecule has 432 valence electrons. The van der Waals surface area contributed by atoms with Crippen LogP contribution >= 0.6 is 0 Å². The highest BCUT2D eigenvalue weighted by molar-refractivity contribution is 7.20. The highest BCUT2D eigenvalue weighted by Crippen LogP contribution is 2.39. The summed E-state index contributed by atoms with van der Waals surface area (Å²) >= 11 is 0. The van der Waals surface area contributed by atoms with E-state index in [0.29, 0.717) is 11.3 Å². The van der Waals surface area contributed by atoms with Crippen LogP contribution in [0.25, 0.3) is 94.5 Å². The molecule has 0 fully saturated rings. The Morgan fingerprint density at radius 2 is 1.07 bits per heavy atom. The monoisotopic (exact) mass is 1210 g/mol. The predicted octanol–water partition coefficient (Wildman–Crippen LogP) is 18.0. The lowest BCUT2D eigenvalue weighted by Crippen LogP contribution is -2.76. The van der Waals surface area contributed by atoms with Gasteiger partial charge < -0.3 is 4.74 Å². The van der Waals surface area contributed by atoms with Crippen LogP contribution < -0.4 is 30.1 Å². The molecule has 12 aromatic carbocycles. The fraction of sp³-hybridized carbons (Fsp3) is 0.0714. The van der Waals surface area contributed by atoms with Gasteiger partial charge in [0.2, 0.25) is 0 Å². The van der Waals surface area contributed by atoms with E-state index in [4.69, 9.17) is 30.3 Å². The number of imidazole rings is 1. The third kappa shape index (κ3) is 9.92. The van der Waals surface area contributed by atoms with E-state index in [-0.39, 0.29) is 44.8 Å². The summed E-state index contributed by atoms with van der Waals surface area (Å²) in [6, 6.07) is 1.89. The Kier molecular flexibility index (Phi) is 7.62. The number of ether oxygens (including phenoxy) is 1. The quantitative estimate of drug-likeness (QED) is 0.0499. The summed E-state index contributed by atoms with van der Waals surface area (Å²) in [7, 11) is -6.61. The van der Waals surface area contributed by atoms with Gasteiger partial charge in [-0.1, -0.05) is 245 Å². The summed E-state index contributed by atoms with van der Waals surface area (Å²) in [5.74, 6) is 0.919. The van der Waals surface area contributed by atoms with Crippen LogP contribution in [0.3, 0.4) is 0 Å². The minimum atomic E-state index is -6.61. The number of aryl methyl sites for hydroxylation is 2. The smallest absolute Gasteiger partial charge is 0.269 e. The molecule has 0 amide bonds. The van der Waals surface area contributed by atoms with E-state index in [1.54, 1.807) is 30.5 Å². The highest BCUT2D eigenvalue weighted by atomic mass is 28.3. The van der Waals surface area contributed by atoms with Crippen molar-refractivity contribution in [1.29, 1.82) is 0 Å². The first-order chi connectivity index (χ1) is 58.1. The molecule has 0 aliphatic carbocycles. The van der Waals surface area contributed by atoms with E-state index < -0.39 is 262 Å². The predicted molar refractivity (Wildman–Crippen MR) is 376 cm³/mol. The summed E-state index contributed by atoms with van der Waals surface area (Å²) in [5.41, 5.74) is -5.89. The zero-order chi connectivity index (χ0) is 90.3. The second-order valence-electron chi connectivity index (χ2n) is 21.9. The molecule has 3 heterocycles. The van der Waals surface area contributed by atoms with Crippen molar-refractivity contribution >= 4 is 61.7 Å². The molecule has 0 aliphatic heterocycles. The van der Waals surface area contributed by atoms with E-state index in [9.17, 15) is 26.0 Å². The van der Waals surface area contributed by atoms with Gasteiger partial charge in [0.1, 0.15) is 17.3 Å². The SMILES string of the molecule is [2H]c1c([2H])c([2H])c(-c2c([2H])c(-c3cccc([Si](c4c([2H])c([2H])c([2H])c([2H])c4[2H])(c4c([2H])c([2H])c([2H])c([2H])c4[2H])c4c([2H])c([2H])c([2H])c([2H])c4[2H])c3-[n+]3[c-]n(-c4cccc(Oc5ccc6c7ccccc7n(-c7cc(C(C)(C)C)ccn7)c6c5)c4)c4cc(-c5c(C([2H])([2H])[2H])cccc5C([2H])([2H])[2H])ccc43)c([2H])c(-c3c([2H])c([2H])c([2H])c([2H])c3[2H])c2[2H])c([2H])c1[2H]. The standard InChI is InChI=1S/C84H66N4OSi/c1-58-26-23-27-59(2)82(58)62-44-47-77-79(53-62)86(67-32-24-33-68(55-67)89-69-45-46-75-74-40-21-22-42-76(74)88(78(75)56-69)81-54-66(48-49-85-81)84(3,4)5)57-87(77)83-73(65-51-63(60-28-11-6-12-29-60)50-64(52-65)61-30-13-7-14-31-61)41-25-43-80(83)90(70-34-15-8-16-35-70,71-36-17-9-18-37-71)72-38-19-10-20-39-72/h6-56H,1-5H3/i1D3,2D3,6D,7D,8D,9D,10D,11D,12D,13D,14D,15D,16D,17D,18D,19D,20D,28D,29D,30D,31D,34D,35D,36D,37D,38D,39D,50D,51D,52D. The number of benzene rings is 12. The van der Waals surface area contributed by atoms with E-state index in [1.165, 1.54) is 53.1 Å². The minimum absolute atomic E-state index is 0.0224. The zero-order valence-corrected chi connectivity index (χ0v) is 49.0. The number of hydrogen-bond acceptors (Lipinski definition) is 2. The molecule has 0 atom stereocenters. The number of hydrogen-bond donors (Lipinski definition) is 0. The molecule has 15 rings (SSSR count). The molecule has 6 heteroatoms. The second-order valence-corrected chi connectivity index (χ2v) is 25.5. The number of pyridine rings is 1. The molecular formula is C84H66N4OSi. The van der Waals surface area contributed by atoms with Gasteiger partial charge in [0, 0.05) is 31.3 Å². The van der Waals surface area contributed by atoms with Crippen LogP contribution in [0.2, 0.25) is 0 Å². The summed E-state index contributed by atoms with van der Waals surface area (Å²) in [4.78, 5) is 4.83. The third-order valence-electron chi connectivity index (χ3n) is 15.6. The fourth-order valence-corrected chi connectivity index (χ4v) is 15.6. The molecule has 0 saturated carbocycles. The van der Waals surface area contributed by atoms with Crippen molar-refractivity contribution in [3.05, 3.63) is 332 Å². The molecule has 0 aliphatic rings. The Labute approximate surface area is 575 Å². The molecular weight excluding hydrogens is 1110 g/mol. The number of rotatable bonds is 13. The molecule has 0 unspecified atom stereocenters. The Hall–Kier alpha value is -10.9. The lowest BCUT2D eigenvalue weighted by atomic mass is 9.88. The van der Waals surface area contributed by atoms with Crippen LogP contribution in [0, 0.1) is 20.0 Å². The Bertz CT molecular complexity index is 6730. The molecule has 0 bridgehead atoms. The van der Waals surface area contributed by atoms with Crippen molar-refractivity contribution in [2.24, 2.45) is 0 Å². The van der Waals surface area contributed by atoms with E-state index >= 15 is 0 Å². The maximum absolute atomic E-state index is 10.8. The largest absolute Gasteiger partial charge is 0.458 e. The normalized spacial score (nSPS) is 17.5. The molecule has 0 radical (unpaired) electrons. The topological polar surface area (TPSA) is 35.9 Å². The number of fused-ring (bicyclic) bond motifs is 4. The van der Waals surface area contributed by atoms with Crippen LogP contribution in [-0.4, -0.2) is 22.2 Å². The van der Waals surface area contributed by atoms with Gasteiger partial charge in [0.05, 0.1) is 71.8 Å². The van der Waals surface area contributed by atoms with Gasteiger partial charge in [0.25, 0.3) is 6.33 Å². The lowest BCUT2D eigenvalue weighted by Gasteiger charge is -2.37. The highest BCUT2D eigenvalue weighted by Gasteiger charge is 2.44. The zero-order valence-electron chi connectivity index (χ0n) is 82.0. The molecule has 90 heavy (non-hydrogen) atoms. The van der Waals surface area contributed by atoms with Gasteiger partial charge in [-0.05, 0) is 174 Å². The van der Waals surface area contributed by atoms with Crippen molar-refractivity contribution in [1.82, 2.24) is 14.1 Å². The molecule has 0 N–H and O–H groups in total. The van der Waals surface area contributed by atoms with Gasteiger partial charge in [-0.15, -0.1) is 0 Å². The Morgan fingerprint density at radius 3 is 1.70 bits per heavy atom. The third-order valence-corrected chi connectivity index (χ3v) is 19.8. The van der Waals surface area contributed by atoms with Gasteiger partial charge in [-0.25, -0.2) is 4.98 Å². The maximum atomic E-state index is 10.8. The Morgan fingerprint density at radius 1 is 0.489 bits per heavy atom. The van der Waals surface area contributed by atoms with Crippen LogP contribution in [0.5, 0.6) is 11.5 Å². The number of aromatic nitrogens is 4. The molecule has 5 nitrogen and oxygen atoms in total. The summed E-state index contributed by atoms with van der Waals surface area (Å²) in [6.45, 7) is 0.0906. The lowest BCUT2D eigenvalue weighted by molar-refractivity contribution is -0.570. The average Bonchev–Trinajstić information content (AvgIpc) is 1.55. The Balaban J connectivity index is 1.19. The van der Waals surface area contributed by atoms with Crippen LogP contribution in [0.4, 0.5) is 0 Å². The van der Waals surface area contributed by atoms with Gasteiger partial charge in [-0.2, -0.15) is 0 Å². The summed E-state index contributed by atoms with van der Waals surface area (Å²) < 4.78 is 333. The maximum Gasteiger partial charge on any atom is 0.269 e. The van der Waals surface area contributed by atoms with E-state index in [1.807, 2.05) is 47.0 Å². The molecule has 0 spiro atoms. The molecule has 0 saturated heterocycles. The van der Waals surface area contributed by atoms with E-state index in [2.05, 4.69) is 27.1 Å². The molecule has 3 aromatic heterocycles. The number of nitrogens with zero attached hydrogens (tertiary/aromatic N) is 4. The molecule has 15 aromatic rings. The van der Waals surface area contributed by atoms with Crippen LogP contribution in [0.15, 0.2) is 309 Å². The van der Waals surface area contributed by atoms with Crippen molar-refractivity contribution < 1.29 is 55.9 Å². The van der Waals surface area contributed by atoms with Gasteiger partial charge in [-0.3, -0.25) is 13.7 Å². The first-order valence-corrected chi connectivity index (χ1v) is 30.2. The summed E-state index contributed by atoms with van der Waals surface area (Å²) in [6.07, 6.45) is 5.02. The van der Waals surface area contributed by atoms with Gasteiger partial charge >= 0.3 is 0 Å². The first kappa shape index (κ1) is 29.9. The van der Waals surface area contributed by atoms with Crippen LogP contribution in [-0.2, 0) is 5.41 Å². The van der Waals surface area contributed by atoms with Crippen molar-refractivity contribution in [2.75, 3.05) is 0 Å². The van der Waals surface area contributed by atoms with Crippen molar-refractivity contribution in [2.45, 2.75) is 39.9 Å². The average molecular weight is 1210 g/mol. The van der Waals surface area contributed by atoms with E-state index in [0.717, 1.165) is 44.6 Å².